The van der Waals surface area contributed by atoms with Crippen LogP contribution in [0, 0.1) is 0 Å². The summed E-state index contributed by atoms with van der Waals surface area (Å²) in [5.41, 5.74) is 1.23. The number of fused-ring (bicyclic) bond motifs is 1. The van der Waals surface area contributed by atoms with Crippen LogP contribution in [0.3, 0.4) is 0 Å². The summed E-state index contributed by atoms with van der Waals surface area (Å²) in [5, 5.41) is 22.2. The molecule has 0 spiro atoms. The van der Waals surface area contributed by atoms with Crippen molar-refractivity contribution in [3.05, 3.63) is 120 Å². The quantitative estimate of drug-likeness (QED) is 0.141. The molecule has 0 aliphatic rings. The zero-order chi connectivity index (χ0) is 30.6. The molecule has 43 heavy (non-hydrogen) atoms. The standard InChI is InChI=1S/C30H22N4O7S2/c35-19-21-11-16-25(31-30(37)20-7-3-1-4-8-20)29-27(36)18-17-26(28(21)29)33-32-22-12-14-24(15-13-22)43(40,41)34-42(38,39)23-9-5-2-6-10-23/h1-19,34,36H,(H,31,37). The number of phenolic OH excluding ortho intramolecular Hbond substituents is 1. The molecule has 3 N–H and O–H groups in total. The molecule has 0 bridgehead atoms. The highest BCUT2D eigenvalue weighted by Gasteiger charge is 2.24. The highest BCUT2D eigenvalue weighted by molar-refractivity contribution is 8.04. The molecule has 0 saturated carbocycles. The third-order valence-corrected chi connectivity index (χ3v) is 9.79. The fourth-order valence-corrected chi connectivity index (χ4v) is 7.13. The average Bonchev–Trinajstić information content (AvgIpc) is 3.01. The largest absolute Gasteiger partial charge is 0.507 e. The number of hydrogen-bond donors (Lipinski definition) is 3. The Morgan fingerprint density at radius 3 is 1.91 bits per heavy atom. The number of rotatable bonds is 9. The van der Waals surface area contributed by atoms with E-state index in [0.29, 0.717) is 11.8 Å². The molecule has 5 aromatic carbocycles. The summed E-state index contributed by atoms with van der Waals surface area (Å²) < 4.78 is 52.2. The van der Waals surface area contributed by atoms with Crippen molar-refractivity contribution in [2.45, 2.75) is 9.79 Å². The Morgan fingerprint density at radius 2 is 1.28 bits per heavy atom. The topological polar surface area (TPSA) is 171 Å². The third kappa shape index (κ3) is 6.33. The van der Waals surface area contributed by atoms with Crippen molar-refractivity contribution in [3.63, 3.8) is 0 Å². The van der Waals surface area contributed by atoms with Crippen LogP contribution in [0.15, 0.2) is 129 Å². The number of hydrogen-bond acceptors (Lipinski definition) is 9. The maximum absolute atomic E-state index is 12.8. The van der Waals surface area contributed by atoms with Crippen LogP contribution in [0.5, 0.6) is 5.75 Å². The van der Waals surface area contributed by atoms with Crippen LogP contribution < -0.4 is 9.44 Å². The van der Waals surface area contributed by atoms with Gasteiger partial charge in [-0.1, -0.05) is 36.4 Å². The highest BCUT2D eigenvalue weighted by Crippen LogP contribution is 2.40. The number of amides is 1. The van der Waals surface area contributed by atoms with Crippen LogP contribution in [0.1, 0.15) is 20.7 Å². The van der Waals surface area contributed by atoms with Crippen molar-refractivity contribution in [1.82, 2.24) is 4.13 Å². The number of aromatic hydroxyl groups is 1. The van der Waals surface area contributed by atoms with Crippen molar-refractivity contribution in [1.29, 1.82) is 0 Å². The SMILES string of the molecule is O=Cc1ccc(NC(=O)c2ccccc2)c2c(O)ccc(N=Nc3ccc(S(=O)(=O)NS(=O)(=O)c4ccccc4)cc3)c12. The predicted molar refractivity (Wildman–Crippen MR) is 160 cm³/mol. The Bertz CT molecular complexity index is 2080. The van der Waals surface area contributed by atoms with E-state index in [1.54, 1.807) is 40.5 Å². The molecule has 0 unspecified atom stereocenters. The molecule has 0 aliphatic carbocycles. The number of carbonyl (C=O) groups is 2. The van der Waals surface area contributed by atoms with Crippen molar-refractivity contribution in [2.24, 2.45) is 10.2 Å². The minimum absolute atomic E-state index is 0.178. The lowest BCUT2D eigenvalue weighted by Crippen LogP contribution is -2.30. The monoisotopic (exact) mass is 614 g/mol. The molecule has 0 atom stereocenters. The third-order valence-electron chi connectivity index (χ3n) is 6.25. The van der Waals surface area contributed by atoms with Gasteiger partial charge in [0.05, 0.1) is 32.2 Å². The van der Waals surface area contributed by atoms with Gasteiger partial charge in [0.15, 0.2) is 6.29 Å². The second-order valence-corrected chi connectivity index (χ2v) is 12.7. The molecule has 0 fully saturated rings. The minimum atomic E-state index is -4.44. The van der Waals surface area contributed by atoms with Crippen molar-refractivity contribution in [2.75, 3.05) is 5.32 Å². The van der Waals surface area contributed by atoms with Gasteiger partial charge in [-0.3, -0.25) is 9.59 Å². The number of nitrogens with zero attached hydrogens (tertiary/aromatic N) is 2. The average molecular weight is 615 g/mol. The fourth-order valence-electron chi connectivity index (χ4n) is 4.20. The van der Waals surface area contributed by atoms with E-state index < -0.39 is 26.0 Å². The van der Waals surface area contributed by atoms with Gasteiger partial charge in [-0.05, 0) is 72.8 Å². The molecular formula is C30H22N4O7S2. The van der Waals surface area contributed by atoms with E-state index in [1.165, 1.54) is 72.8 Å². The Kier molecular flexibility index (Phi) is 8.12. The van der Waals surface area contributed by atoms with E-state index in [-0.39, 0.29) is 48.9 Å². The van der Waals surface area contributed by atoms with E-state index in [1.807, 2.05) is 0 Å². The van der Waals surface area contributed by atoms with E-state index in [9.17, 15) is 31.5 Å². The molecule has 0 radical (unpaired) electrons. The van der Waals surface area contributed by atoms with Gasteiger partial charge in [0.2, 0.25) is 0 Å². The molecular weight excluding hydrogens is 592 g/mol. The molecule has 5 aromatic rings. The molecule has 0 saturated heterocycles. The molecule has 0 aliphatic heterocycles. The van der Waals surface area contributed by atoms with Crippen LogP contribution in [0.4, 0.5) is 17.1 Å². The van der Waals surface area contributed by atoms with Crippen molar-refractivity contribution < 1.29 is 31.5 Å². The Morgan fingerprint density at radius 1 is 0.674 bits per heavy atom. The van der Waals surface area contributed by atoms with Gasteiger partial charge in [-0.25, -0.2) is 16.8 Å². The smallest absolute Gasteiger partial charge is 0.255 e. The Labute approximate surface area is 246 Å². The molecule has 13 heteroatoms. The van der Waals surface area contributed by atoms with Crippen LogP contribution >= 0.6 is 0 Å². The van der Waals surface area contributed by atoms with Crippen molar-refractivity contribution in [3.8, 4) is 5.75 Å². The van der Waals surface area contributed by atoms with Crippen LogP contribution in [-0.4, -0.2) is 34.1 Å². The van der Waals surface area contributed by atoms with Gasteiger partial charge in [0.1, 0.15) is 5.75 Å². The number of nitrogens with one attached hydrogen (secondary N) is 2. The molecule has 11 nitrogen and oxygen atoms in total. The minimum Gasteiger partial charge on any atom is -0.507 e. The summed E-state index contributed by atoms with van der Waals surface area (Å²) in [6, 6.07) is 26.3. The predicted octanol–water partition coefficient (Wildman–Crippen LogP) is 5.69. The van der Waals surface area contributed by atoms with Gasteiger partial charge in [-0.15, -0.1) is 9.24 Å². The lowest BCUT2D eigenvalue weighted by Gasteiger charge is -2.13. The first-order valence-electron chi connectivity index (χ1n) is 12.5. The van der Waals surface area contributed by atoms with Gasteiger partial charge in [0.25, 0.3) is 26.0 Å². The molecule has 5 rings (SSSR count). The number of azo groups is 1. The van der Waals surface area contributed by atoms with Gasteiger partial charge < -0.3 is 10.4 Å². The summed E-state index contributed by atoms with van der Waals surface area (Å²) in [6.45, 7) is 0. The first-order chi connectivity index (χ1) is 20.6. The molecule has 216 valence electrons. The van der Waals surface area contributed by atoms with E-state index >= 15 is 0 Å². The summed E-state index contributed by atoms with van der Waals surface area (Å²) in [4.78, 5) is 24.1. The zero-order valence-electron chi connectivity index (χ0n) is 22.1. The van der Waals surface area contributed by atoms with E-state index in [0.717, 1.165) is 0 Å². The first-order valence-corrected chi connectivity index (χ1v) is 15.5. The van der Waals surface area contributed by atoms with E-state index in [2.05, 4.69) is 15.5 Å². The number of aldehydes is 1. The van der Waals surface area contributed by atoms with Crippen LogP contribution in [0.2, 0.25) is 0 Å². The van der Waals surface area contributed by atoms with Gasteiger partial charge in [0, 0.05) is 16.5 Å². The number of benzene rings is 5. The second kappa shape index (κ2) is 11.9. The second-order valence-electron chi connectivity index (χ2n) is 9.09. The van der Waals surface area contributed by atoms with Gasteiger partial charge in [-0.2, -0.15) is 5.11 Å². The first kappa shape index (κ1) is 29.3. The summed E-state index contributed by atoms with van der Waals surface area (Å²) in [7, 11) is -8.77. The molecule has 0 heterocycles. The zero-order valence-corrected chi connectivity index (χ0v) is 23.7. The van der Waals surface area contributed by atoms with Crippen molar-refractivity contribution >= 4 is 60.1 Å². The molecule has 0 aromatic heterocycles. The number of anilines is 1. The number of carbonyl (C=O) groups excluding carboxylic acids is 2. The molecule has 1 amide bonds. The number of sulfonamides is 2. The van der Waals surface area contributed by atoms with Crippen LogP contribution in [-0.2, 0) is 20.0 Å². The Balaban J connectivity index is 1.44. The summed E-state index contributed by atoms with van der Waals surface area (Å²) >= 11 is 0. The number of phenols is 1. The lowest BCUT2D eigenvalue weighted by atomic mass is 10.0. The summed E-state index contributed by atoms with van der Waals surface area (Å²) in [5.74, 6) is -0.623. The maximum Gasteiger partial charge on any atom is 0.255 e. The lowest BCUT2D eigenvalue weighted by molar-refractivity contribution is 0.102. The normalized spacial score (nSPS) is 11.9. The van der Waals surface area contributed by atoms with E-state index in [4.69, 9.17) is 0 Å². The summed E-state index contributed by atoms with van der Waals surface area (Å²) in [6.07, 6.45) is 0.583. The highest BCUT2D eigenvalue weighted by atomic mass is 32.3. The fraction of sp³-hybridized carbons (Fsp3) is 0. The van der Waals surface area contributed by atoms with Crippen LogP contribution in [0.25, 0.3) is 10.8 Å². The van der Waals surface area contributed by atoms with Gasteiger partial charge >= 0.3 is 0 Å². The Hall–Kier alpha value is -5.24. The maximum atomic E-state index is 12.8.